The number of aromatic nitrogens is 3. The molecule has 0 unspecified atom stereocenters. The Balaban J connectivity index is 2.12. The van der Waals surface area contributed by atoms with Gasteiger partial charge in [-0.15, -0.1) is 0 Å². The maximum atomic E-state index is 13.9. The first-order chi connectivity index (χ1) is 10.8. The van der Waals surface area contributed by atoms with Gasteiger partial charge in [0.15, 0.2) is 0 Å². The molecule has 118 valence electrons. The first-order valence-corrected chi connectivity index (χ1v) is 7.81. The van der Waals surface area contributed by atoms with Crippen molar-refractivity contribution in [1.82, 2.24) is 14.8 Å². The maximum Gasteiger partial charge on any atom is 0.267 e. The SMILES string of the molecule is [C-]#[N+]c1c[nH]c2c(NS(=O)(=O)c3cnn(C)c3N)ccc(F)c12. The minimum absolute atomic E-state index is 0.0239. The highest BCUT2D eigenvalue weighted by atomic mass is 32.2. The summed E-state index contributed by atoms with van der Waals surface area (Å²) in [5.74, 6) is -0.639. The van der Waals surface area contributed by atoms with Gasteiger partial charge in [-0.05, 0) is 12.1 Å². The van der Waals surface area contributed by atoms with Crippen LogP contribution in [0, 0.1) is 12.4 Å². The van der Waals surface area contributed by atoms with E-state index >= 15 is 0 Å². The number of anilines is 2. The number of nitrogens with zero attached hydrogens (tertiary/aromatic N) is 3. The number of halogens is 1. The third kappa shape index (κ3) is 2.27. The predicted octanol–water partition coefficient (Wildman–Crippen LogP) is 1.97. The standard InChI is InChI=1S/C13H11FN6O2S/c1-16-9-5-17-12-8(4-3-7(14)11(9)12)19-23(21,22)10-6-18-20(2)13(10)15/h3-6,17,19H,15H2,2H3. The summed E-state index contributed by atoms with van der Waals surface area (Å²) in [7, 11) is -2.49. The molecule has 0 aliphatic heterocycles. The number of hydrogen-bond acceptors (Lipinski definition) is 4. The van der Waals surface area contributed by atoms with Gasteiger partial charge in [-0.2, -0.15) is 5.10 Å². The molecule has 0 spiro atoms. The lowest BCUT2D eigenvalue weighted by atomic mass is 10.2. The van der Waals surface area contributed by atoms with Gasteiger partial charge in [0, 0.05) is 18.6 Å². The minimum Gasteiger partial charge on any atom is -0.383 e. The summed E-state index contributed by atoms with van der Waals surface area (Å²) in [4.78, 5) is 5.72. The zero-order valence-corrected chi connectivity index (χ0v) is 12.6. The Labute approximate surface area is 130 Å². The number of rotatable bonds is 3. The quantitative estimate of drug-likeness (QED) is 0.636. The summed E-state index contributed by atoms with van der Waals surface area (Å²) < 4.78 is 42.3. The van der Waals surface area contributed by atoms with E-state index in [9.17, 15) is 12.8 Å². The zero-order valence-electron chi connectivity index (χ0n) is 11.8. The Morgan fingerprint density at radius 2 is 2.22 bits per heavy atom. The van der Waals surface area contributed by atoms with Gasteiger partial charge >= 0.3 is 0 Å². The van der Waals surface area contributed by atoms with E-state index in [2.05, 4.69) is 19.6 Å². The minimum atomic E-state index is -4.00. The van der Waals surface area contributed by atoms with Gasteiger partial charge in [-0.1, -0.05) is 0 Å². The van der Waals surface area contributed by atoms with Crippen LogP contribution < -0.4 is 10.5 Å². The van der Waals surface area contributed by atoms with Crippen LogP contribution in [0.15, 0.2) is 29.4 Å². The Morgan fingerprint density at radius 1 is 1.48 bits per heavy atom. The number of aryl methyl sites for hydroxylation is 1. The van der Waals surface area contributed by atoms with Crippen LogP contribution in [0.5, 0.6) is 0 Å². The van der Waals surface area contributed by atoms with E-state index in [1.54, 1.807) is 0 Å². The molecular formula is C13H11FN6O2S. The van der Waals surface area contributed by atoms with Gasteiger partial charge in [0.05, 0.1) is 24.0 Å². The van der Waals surface area contributed by atoms with Crippen molar-refractivity contribution in [2.45, 2.75) is 4.90 Å². The molecule has 1 aromatic carbocycles. The number of H-pyrrole nitrogens is 1. The second-order valence-corrected chi connectivity index (χ2v) is 6.40. The number of nitrogen functional groups attached to an aromatic ring is 1. The number of nitrogens with two attached hydrogens (primary N) is 1. The van der Waals surface area contributed by atoms with Crippen LogP contribution in [0.25, 0.3) is 15.7 Å². The Kier molecular flexibility index (Phi) is 3.23. The molecule has 0 atom stereocenters. The molecule has 0 aliphatic rings. The van der Waals surface area contributed by atoms with E-state index in [0.717, 1.165) is 12.3 Å². The number of fused-ring (bicyclic) bond motifs is 1. The molecule has 0 radical (unpaired) electrons. The summed E-state index contributed by atoms with van der Waals surface area (Å²) in [5, 5.41) is 3.81. The van der Waals surface area contributed by atoms with Crippen LogP contribution >= 0.6 is 0 Å². The molecule has 3 rings (SSSR count). The van der Waals surface area contributed by atoms with Crippen molar-refractivity contribution in [3.8, 4) is 0 Å². The monoisotopic (exact) mass is 334 g/mol. The van der Waals surface area contributed by atoms with Gasteiger partial charge in [0.25, 0.3) is 10.0 Å². The topological polar surface area (TPSA) is 110 Å². The number of sulfonamides is 1. The van der Waals surface area contributed by atoms with Crippen molar-refractivity contribution in [1.29, 1.82) is 0 Å². The van der Waals surface area contributed by atoms with Crippen LogP contribution in [0.3, 0.4) is 0 Å². The highest BCUT2D eigenvalue weighted by Gasteiger charge is 2.23. The van der Waals surface area contributed by atoms with E-state index < -0.39 is 15.8 Å². The van der Waals surface area contributed by atoms with Crippen LogP contribution in [0.2, 0.25) is 0 Å². The van der Waals surface area contributed by atoms with Crippen molar-refractivity contribution >= 4 is 38.1 Å². The summed E-state index contributed by atoms with van der Waals surface area (Å²) in [6.45, 7) is 7.03. The molecular weight excluding hydrogens is 323 g/mol. The molecule has 23 heavy (non-hydrogen) atoms. The second-order valence-electron chi connectivity index (χ2n) is 4.75. The molecule has 2 aromatic heterocycles. The van der Waals surface area contributed by atoms with Crippen molar-refractivity contribution in [2.75, 3.05) is 10.5 Å². The van der Waals surface area contributed by atoms with Crippen LogP contribution in [-0.2, 0) is 17.1 Å². The molecule has 0 bridgehead atoms. The average molecular weight is 334 g/mol. The van der Waals surface area contributed by atoms with Crippen molar-refractivity contribution < 1.29 is 12.8 Å². The lowest BCUT2D eigenvalue weighted by Crippen LogP contribution is -2.15. The molecule has 0 fully saturated rings. The van der Waals surface area contributed by atoms with Gasteiger partial charge in [0.1, 0.15) is 16.5 Å². The van der Waals surface area contributed by atoms with Gasteiger partial charge in [-0.25, -0.2) is 17.7 Å². The fourth-order valence-electron chi connectivity index (χ4n) is 2.20. The lowest BCUT2D eigenvalue weighted by Gasteiger charge is -2.09. The predicted molar refractivity (Wildman–Crippen MR) is 82.9 cm³/mol. The third-order valence-corrected chi connectivity index (χ3v) is 4.75. The number of hydrogen-bond donors (Lipinski definition) is 3. The van der Waals surface area contributed by atoms with E-state index in [1.165, 1.54) is 24.0 Å². The highest BCUT2D eigenvalue weighted by molar-refractivity contribution is 7.92. The lowest BCUT2D eigenvalue weighted by molar-refractivity contribution is 0.601. The normalized spacial score (nSPS) is 11.5. The number of nitrogens with one attached hydrogen (secondary N) is 2. The van der Waals surface area contributed by atoms with Crippen molar-refractivity contribution in [2.24, 2.45) is 7.05 Å². The third-order valence-electron chi connectivity index (χ3n) is 3.37. The van der Waals surface area contributed by atoms with Gasteiger partial charge in [-0.3, -0.25) is 9.40 Å². The molecule has 10 heteroatoms. The second kappa shape index (κ2) is 4.99. The number of benzene rings is 1. The fourth-order valence-corrected chi connectivity index (χ4v) is 3.36. The fraction of sp³-hybridized carbons (Fsp3) is 0.0769. The Hall–Kier alpha value is -3.06. The average Bonchev–Trinajstić information content (AvgIpc) is 3.07. The molecule has 2 heterocycles. The summed E-state index contributed by atoms with van der Waals surface area (Å²) in [5.41, 5.74) is 6.04. The van der Waals surface area contributed by atoms with E-state index in [-0.39, 0.29) is 33.0 Å². The van der Waals surface area contributed by atoms with Crippen LogP contribution in [0.4, 0.5) is 21.6 Å². The Bertz CT molecular complexity index is 1060. The van der Waals surface area contributed by atoms with Gasteiger partial charge < -0.3 is 10.7 Å². The van der Waals surface area contributed by atoms with E-state index in [1.807, 2.05) is 0 Å². The molecule has 8 nitrogen and oxygen atoms in total. The molecule has 0 saturated heterocycles. The largest absolute Gasteiger partial charge is 0.383 e. The maximum absolute atomic E-state index is 13.9. The highest BCUT2D eigenvalue weighted by Crippen LogP contribution is 2.34. The summed E-state index contributed by atoms with van der Waals surface area (Å²) in [6, 6.07) is 2.36. The molecule has 4 N–H and O–H groups in total. The summed E-state index contributed by atoms with van der Waals surface area (Å²) >= 11 is 0. The number of aromatic amines is 1. The van der Waals surface area contributed by atoms with Crippen molar-refractivity contribution in [3.63, 3.8) is 0 Å². The first kappa shape index (κ1) is 14.9. The van der Waals surface area contributed by atoms with E-state index in [4.69, 9.17) is 12.3 Å². The first-order valence-electron chi connectivity index (χ1n) is 6.32. The Morgan fingerprint density at radius 3 is 2.83 bits per heavy atom. The smallest absolute Gasteiger partial charge is 0.267 e. The van der Waals surface area contributed by atoms with Crippen LogP contribution in [-0.4, -0.2) is 23.2 Å². The molecule has 0 aliphatic carbocycles. The van der Waals surface area contributed by atoms with E-state index in [0.29, 0.717) is 0 Å². The molecule has 0 amide bonds. The molecule has 3 aromatic rings. The van der Waals surface area contributed by atoms with Crippen molar-refractivity contribution in [3.05, 3.63) is 41.8 Å². The van der Waals surface area contributed by atoms with Crippen LogP contribution in [0.1, 0.15) is 0 Å². The molecule has 0 saturated carbocycles. The summed E-state index contributed by atoms with van der Waals surface area (Å²) in [6.07, 6.45) is 2.44. The van der Waals surface area contributed by atoms with Gasteiger partial charge in [0.2, 0.25) is 5.69 Å². The zero-order chi connectivity index (χ0) is 16.8.